The fraction of sp³-hybridized carbons (Fsp3) is 0.571. The van der Waals surface area contributed by atoms with Gasteiger partial charge in [-0.3, -0.25) is 0 Å². The van der Waals surface area contributed by atoms with Crippen LogP contribution >= 0.6 is 0 Å². The second kappa shape index (κ2) is 5.92. The van der Waals surface area contributed by atoms with Gasteiger partial charge in [0.1, 0.15) is 0 Å². The lowest BCUT2D eigenvalue weighted by Crippen LogP contribution is -2.33. The van der Waals surface area contributed by atoms with E-state index in [2.05, 4.69) is 35.6 Å². The van der Waals surface area contributed by atoms with Gasteiger partial charge in [-0.25, -0.2) is 0 Å². The van der Waals surface area contributed by atoms with E-state index >= 15 is 0 Å². The predicted molar refractivity (Wildman–Crippen MR) is 65.0 cm³/mol. The van der Waals surface area contributed by atoms with Crippen molar-refractivity contribution in [3.63, 3.8) is 0 Å². The van der Waals surface area contributed by atoms with Gasteiger partial charge in [-0.2, -0.15) is 0 Å². The SMILES string of the molecule is c1ccc(CC2CCCCCCN2)cc1. The highest BCUT2D eigenvalue weighted by molar-refractivity contribution is 5.15. The van der Waals surface area contributed by atoms with E-state index in [0.717, 1.165) is 0 Å². The first-order valence-corrected chi connectivity index (χ1v) is 6.22. The Morgan fingerprint density at radius 3 is 2.67 bits per heavy atom. The van der Waals surface area contributed by atoms with Gasteiger partial charge in [0.05, 0.1) is 0 Å². The lowest BCUT2D eigenvalue weighted by atomic mass is 9.98. The summed E-state index contributed by atoms with van der Waals surface area (Å²) >= 11 is 0. The van der Waals surface area contributed by atoms with E-state index in [9.17, 15) is 0 Å². The molecule has 0 aromatic heterocycles. The minimum Gasteiger partial charge on any atom is -0.314 e. The van der Waals surface area contributed by atoms with Crippen LogP contribution in [0.25, 0.3) is 0 Å². The average Bonchev–Trinajstić information content (AvgIpc) is 2.23. The summed E-state index contributed by atoms with van der Waals surface area (Å²) in [5.41, 5.74) is 1.47. The molecule has 1 saturated heterocycles. The van der Waals surface area contributed by atoms with Crippen molar-refractivity contribution in [2.75, 3.05) is 6.54 Å². The number of benzene rings is 1. The molecule has 1 aliphatic rings. The number of rotatable bonds is 2. The third-order valence-electron chi connectivity index (χ3n) is 3.24. The first-order chi connectivity index (χ1) is 7.45. The van der Waals surface area contributed by atoms with Crippen molar-refractivity contribution in [1.82, 2.24) is 5.32 Å². The molecule has 1 aromatic carbocycles. The molecule has 1 aliphatic heterocycles. The van der Waals surface area contributed by atoms with Crippen LogP contribution in [0.15, 0.2) is 30.3 Å². The molecule has 1 nitrogen and oxygen atoms in total. The summed E-state index contributed by atoms with van der Waals surface area (Å²) in [6.45, 7) is 1.21. The molecule has 1 fully saturated rings. The van der Waals surface area contributed by atoms with Gasteiger partial charge in [0, 0.05) is 6.04 Å². The zero-order chi connectivity index (χ0) is 10.3. The second-order valence-corrected chi connectivity index (χ2v) is 4.54. The van der Waals surface area contributed by atoms with Crippen molar-refractivity contribution in [2.24, 2.45) is 0 Å². The molecule has 0 radical (unpaired) electrons. The normalized spacial score (nSPS) is 23.1. The van der Waals surface area contributed by atoms with E-state index < -0.39 is 0 Å². The minimum absolute atomic E-state index is 0.702. The lowest BCUT2D eigenvalue weighted by Gasteiger charge is -2.21. The molecule has 15 heavy (non-hydrogen) atoms. The molecule has 1 heterocycles. The molecule has 1 unspecified atom stereocenters. The molecule has 1 heteroatoms. The number of nitrogens with one attached hydrogen (secondary N) is 1. The van der Waals surface area contributed by atoms with E-state index in [-0.39, 0.29) is 0 Å². The van der Waals surface area contributed by atoms with Gasteiger partial charge in [-0.15, -0.1) is 0 Å². The summed E-state index contributed by atoms with van der Waals surface area (Å²) in [4.78, 5) is 0. The summed E-state index contributed by atoms with van der Waals surface area (Å²) in [6.07, 6.45) is 8.11. The van der Waals surface area contributed by atoms with Crippen LogP contribution in [-0.2, 0) is 6.42 Å². The standard InChI is InChI=1S/C14H21N/c1-2-7-11-15-14(10-6-1)12-13-8-4-3-5-9-13/h3-5,8-9,14-15H,1-2,6-7,10-12H2. The maximum atomic E-state index is 3.67. The van der Waals surface area contributed by atoms with Crippen molar-refractivity contribution < 1.29 is 0 Å². The summed E-state index contributed by atoms with van der Waals surface area (Å²) in [5, 5.41) is 3.67. The Kier molecular flexibility index (Phi) is 4.22. The quantitative estimate of drug-likeness (QED) is 0.778. The molecule has 0 saturated carbocycles. The van der Waals surface area contributed by atoms with E-state index in [1.54, 1.807) is 0 Å². The van der Waals surface area contributed by atoms with E-state index in [4.69, 9.17) is 0 Å². The van der Waals surface area contributed by atoms with Crippen molar-refractivity contribution in [3.8, 4) is 0 Å². The molecular weight excluding hydrogens is 182 g/mol. The van der Waals surface area contributed by atoms with Crippen LogP contribution in [0.1, 0.15) is 37.7 Å². The van der Waals surface area contributed by atoms with E-state index in [1.807, 2.05) is 0 Å². The molecule has 0 spiro atoms. The highest BCUT2D eigenvalue weighted by Gasteiger charge is 2.10. The van der Waals surface area contributed by atoms with Gasteiger partial charge >= 0.3 is 0 Å². The molecule has 0 aliphatic carbocycles. The Bertz CT molecular complexity index is 260. The molecule has 82 valence electrons. The van der Waals surface area contributed by atoms with Crippen LogP contribution in [0, 0.1) is 0 Å². The Balaban J connectivity index is 1.86. The van der Waals surface area contributed by atoms with Crippen molar-refractivity contribution in [1.29, 1.82) is 0 Å². The van der Waals surface area contributed by atoms with Gasteiger partial charge in [-0.05, 0) is 31.4 Å². The zero-order valence-corrected chi connectivity index (χ0v) is 9.41. The zero-order valence-electron chi connectivity index (χ0n) is 9.41. The lowest BCUT2D eigenvalue weighted by molar-refractivity contribution is 0.415. The topological polar surface area (TPSA) is 12.0 Å². The average molecular weight is 203 g/mol. The maximum absolute atomic E-state index is 3.67. The van der Waals surface area contributed by atoms with Crippen LogP contribution in [-0.4, -0.2) is 12.6 Å². The van der Waals surface area contributed by atoms with Crippen LogP contribution in [0.2, 0.25) is 0 Å². The first kappa shape index (κ1) is 10.7. The van der Waals surface area contributed by atoms with Gasteiger partial charge in [0.15, 0.2) is 0 Å². The second-order valence-electron chi connectivity index (χ2n) is 4.54. The summed E-state index contributed by atoms with van der Waals surface area (Å²) in [5.74, 6) is 0. The van der Waals surface area contributed by atoms with Crippen LogP contribution < -0.4 is 5.32 Å². The molecule has 1 atom stereocenters. The minimum atomic E-state index is 0.702. The van der Waals surface area contributed by atoms with Crippen LogP contribution in [0.3, 0.4) is 0 Å². The fourth-order valence-corrected chi connectivity index (χ4v) is 2.35. The Hall–Kier alpha value is -0.820. The number of hydrogen-bond acceptors (Lipinski definition) is 1. The Morgan fingerprint density at radius 2 is 1.80 bits per heavy atom. The molecule has 1 aromatic rings. The summed E-state index contributed by atoms with van der Waals surface area (Å²) in [6, 6.07) is 11.5. The Labute approximate surface area is 92.9 Å². The smallest absolute Gasteiger partial charge is 0.0107 e. The highest BCUT2D eigenvalue weighted by atomic mass is 14.9. The van der Waals surface area contributed by atoms with Gasteiger partial charge in [-0.1, -0.05) is 49.6 Å². The third kappa shape index (κ3) is 3.67. The summed E-state index contributed by atoms with van der Waals surface area (Å²) in [7, 11) is 0. The van der Waals surface area contributed by atoms with E-state index in [0.29, 0.717) is 6.04 Å². The monoisotopic (exact) mass is 203 g/mol. The largest absolute Gasteiger partial charge is 0.314 e. The van der Waals surface area contributed by atoms with Crippen molar-refractivity contribution >= 4 is 0 Å². The highest BCUT2D eigenvalue weighted by Crippen LogP contribution is 2.13. The fourth-order valence-electron chi connectivity index (χ4n) is 2.35. The van der Waals surface area contributed by atoms with E-state index in [1.165, 1.54) is 50.6 Å². The van der Waals surface area contributed by atoms with Crippen molar-refractivity contribution in [2.45, 2.75) is 44.6 Å². The number of hydrogen-bond donors (Lipinski definition) is 1. The predicted octanol–water partition coefficient (Wildman–Crippen LogP) is 3.15. The molecular formula is C14H21N. The van der Waals surface area contributed by atoms with Crippen molar-refractivity contribution in [3.05, 3.63) is 35.9 Å². The molecule has 2 rings (SSSR count). The maximum Gasteiger partial charge on any atom is 0.0107 e. The molecule has 1 N–H and O–H groups in total. The van der Waals surface area contributed by atoms with Gasteiger partial charge in [0.25, 0.3) is 0 Å². The Morgan fingerprint density at radius 1 is 1.00 bits per heavy atom. The first-order valence-electron chi connectivity index (χ1n) is 6.22. The van der Waals surface area contributed by atoms with Gasteiger partial charge < -0.3 is 5.32 Å². The molecule has 0 amide bonds. The van der Waals surface area contributed by atoms with Crippen LogP contribution in [0.5, 0.6) is 0 Å². The third-order valence-corrected chi connectivity index (χ3v) is 3.24. The van der Waals surface area contributed by atoms with Crippen LogP contribution in [0.4, 0.5) is 0 Å². The molecule has 0 bridgehead atoms. The summed E-state index contributed by atoms with van der Waals surface area (Å²) < 4.78 is 0. The van der Waals surface area contributed by atoms with Gasteiger partial charge in [0.2, 0.25) is 0 Å².